The van der Waals surface area contributed by atoms with Gasteiger partial charge in [0.2, 0.25) is 5.91 Å². The number of aromatic nitrogens is 1. The van der Waals surface area contributed by atoms with Gasteiger partial charge in [-0.25, -0.2) is 0 Å². The van der Waals surface area contributed by atoms with E-state index in [2.05, 4.69) is 15.8 Å². The van der Waals surface area contributed by atoms with Crippen LogP contribution < -0.4 is 10.6 Å². The average molecular weight is 314 g/mol. The van der Waals surface area contributed by atoms with Gasteiger partial charge in [-0.1, -0.05) is 28.4 Å². The van der Waals surface area contributed by atoms with Gasteiger partial charge in [-0.3, -0.25) is 4.79 Å². The lowest BCUT2D eigenvalue weighted by Crippen LogP contribution is -2.16. The van der Waals surface area contributed by atoms with Gasteiger partial charge in [0.25, 0.3) is 0 Å². The van der Waals surface area contributed by atoms with Crippen LogP contribution in [0.2, 0.25) is 10.0 Å². The maximum Gasteiger partial charge on any atom is 0.227 e. The summed E-state index contributed by atoms with van der Waals surface area (Å²) >= 11 is 11.8. The van der Waals surface area contributed by atoms with Gasteiger partial charge in [-0.05, 0) is 25.1 Å². The fraction of sp³-hybridized carbons (Fsp3) is 0.231. The Bertz CT molecular complexity index is 593. The molecular weight excluding hydrogens is 301 g/mol. The summed E-state index contributed by atoms with van der Waals surface area (Å²) in [6, 6.07) is 6.79. The van der Waals surface area contributed by atoms with Crippen molar-refractivity contribution in [2.45, 2.75) is 13.3 Å². The number of carbonyl (C=O) groups is 1. The quantitative estimate of drug-likeness (QED) is 0.882. The normalized spacial score (nSPS) is 10.3. The lowest BCUT2D eigenvalue weighted by molar-refractivity contribution is -0.116. The number of anilines is 2. The molecule has 20 heavy (non-hydrogen) atoms. The smallest absolute Gasteiger partial charge is 0.227 e. The van der Waals surface area contributed by atoms with Crippen molar-refractivity contribution in [2.24, 2.45) is 0 Å². The van der Waals surface area contributed by atoms with E-state index in [0.29, 0.717) is 28.2 Å². The van der Waals surface area contributed by atoms with Crippen molar-refractivity contribution in [2.75, 3.05) is 17.2 Å². The highest BCUT2D eigenvalue weighted by Crippen LogP contribution is 2.22. The number of benzene rings is 1. The molecule has 5 nitrogen and oxygen atoms in total. The van der Waals surface area contributed by atoms with Gasteiger partial charge in [0.05, 0.1) is 0 Å². The Morgan fingerprint density at radius 1 is 1.25 bits per heavy atom. The summed E-state index contributed by atoms with van der Waals surface area (Å²) in [5, 5.41) is 10.5. The first kappa shape index (κ1) is 14.7. The Morgan fingerprint density at radius 3 is 2.55 bits per heavy atom. The summed E-state index contributed by atoms with van der Waals surface area (Å²) in [5.41, 5.74) is 0.771. The van der Waals surface area contributed by atoms with Crippen molar-refractivity contribution < 1.29 is 9.32 Å². The van der Waals surface area contributed by atoms with E-state index in [1.807, 2.05) is 0 Å². The Labute approximate surface area is 126 Å². The second kappa shape index (κ2) is 6.63. The minimum Gasteiger partial charge on any atom is -0.384 e. The van der Waals surface area contributed by atoms with Crippen molar-refractivity contribution >= 4 is 40.6 Å². The van der Waals surface area contributed by atoms with Crippen molar-refractivity contribution in [1.82, 2.24) is 5.16 Å². The van der Waals surface area contributed by atoms with E-state index in [1.165, 1.54) is 0 Å². The summed E-state index contributed by atoms with van der Waals surface area (Å²) < 4.78 is 4.86. The number of nitrogens with one attached hydrogen (secondary N) is 2. The molecule has 0 saturated carbocycles. The second-order valence-electron chi connectivity index (χ2n) is 4.21. The van der Waals surface area contributed by atoms with Crippen LogP contribution in [0.25, 0.3) is 0 Å². The van der Waals surface area contributed by atoms with E-state index in [-0.39, 0.29) is 12.3 Å². The molecule has 0 atom stereocenters. The molecule has 0 bridgehead atoms. The van der Waals surface area contributed by atoms with E-state index in [0.717, 1.165) is 5.69 Å². The number of hydrogen-bond acceptors (Lipinski definition) is 4. The van der Waals surface area contributed by atoms with Gasteiger partial charge in [0, 0.05) is 34.8 Å². The summed E-state index contributed by atoms with van der Waals surface area (Å²) in [6.45, 7) is 2.21. The molecule has 1 aromatic heterocycles. The zero-order valence-corrected chi connectivity index (χ0v) is 12.3. The van der Waals surface area contributed by atoms with Crippen LogP contribution in [0, 0.1) is 6.92 Å². The summed E-state index contributed by atoms with van der Waals surface area (Å²) in [6.07, 6.45) is 0.288. The number of nitrogens with zero attached hydrogens (tertiary/aromatic N) is 1. The van der Waals surface area contributed by atoms with Crippen molar-refractivity contribution in [3.05, 3.63) is 40.1 Å². The third kappa shape index (κ3) is 4.43. The van der Waals surface area contributed by atoms with Gasteiger partial charge in [-0.2, -0.15) is 0 Å². The van der Waals surface area contributed by atoms with Gasteiger partial charge >= 0.3 is 0 Å². The Balaban J connectivity index is 1.79. The van der Waals surface area contributed by atoms with Crippen LogP contribution in [0.5, 0.6) is 0 Å². The molecule has 0 aliphatic carbocycles. The monoisotopic (exact) mass is 313 g/mol. The van der Waals surface area contributed by atoms with Crippen LogP contribution in [-0.4, -0.2) is 17.6 Å². The highest BCUT2D eigenvalue weighted by molar-refractivity contribution is 6.35. The number of halogens is 2. The summed E-state index contributed by atoms with van der Waals surface area (Å²) in [7, 11) is 0. The van der Waals surface area contributed by atoms with E-state index >= 15 is 0 Å². The van der Waals surface area contributed by atoms with Gasteiger partial charge < -0.3 is 15.2 Å². The Kier molecular flexibility index (Phi) is 4.87. The van der Waals surface area contributed by atoms with Gasteiger partial charge in [0.1, 0.15) is 5.76 Å². The first-order valence-electron chi connectivity index (χ1n) is 5.96. The van der Waals surface area contributed by atoms with Crippen LogP contribution in [-0.2, 0) is 4.79 Å². The van der Waals surface area contributed by atoms with E-state index in [9.17, 15) is 4.79 Å². The molecule has 0 radical (unpaired) electrons. The van der Waals surface area contributed by atoms with Gasteiger partial charge in [0.15, 0.2) is 5.82 Å². The van der Waals surface area contributed by atoms with Crippen LogP contribution in [0.3, 0.4) is 0 Å². The van der Waals surface area contributed by atoms with Crippen LogP contribution in [0.4, 0.5) is 11.5 Å². The molecule has 2 rings (SSSR count). The van der Waals surface area contributed by atoms with Gasteiger partial charge in [-0.15, -0.1) is 0 Å². The zero-order valence-electron chi connectivity index (χ0n) is 10.7. The molecule has 7 heteroatoms. The molecule has 0 spiro atoms. The number of aryl methyl sites for hydroxylation is 1. The molecule has 1 amide bonds. The molecule has 0 aliphatic heterocycles. The largest absolute Gasteiger partial charge is 0.384 e. The third-order valence-corrected chi connectivity index (χ3v) is 2.88. The predicted molar refractivity (Wildman–Crippen MR) is 79.4 cm³/mol. The molecule has 1 heterocycles. The fourth-order valence-electron chi connectivity index (χ4n) is 1.61. The van der Waals surface area contributed by atoms with E-state index < -0.39 is 0 Å². The van der Waals surface area contributed by atoms with Crippen molar-refractivity contribution in [1.29, 1.82) is 0 Å². The zero-order chi connectivity index (χ0) is 14.5. The highest BCUT2D eigenvalue weighted by atomic mass is 35.5. The number of rotatable bonds is 5. The standard InChI is InChI=1S/C13H13Cl2N3O2/c1-8-4-12(18-20-8)17-13(19)2-3-16-11-6-9(14)5-10(15)7-11/h4-7,16H,2-3H2,1H3,(H,17,18,19). The SMILES string of the molecule is Cc1cc(NC(=O)CCNc2cc(Cl)cc(Cl)c2)no1. The second-order valence-corrected chi connectivity index (χ2v) is 5.08. The highest BCUT2D eigenvalue weighted by Gasteiger charge is 2.06. The number of carbonyl (C=O) groups excluding carboxylic acids is 1. The minimum absolute atomic E-state index is 0.154. The van der Waals surface area contributed by atoms with E-state index in [4.69, 9.17) is 27.7 Å². The molecule has 0 aliphatic rings. The summed E-state index contributed by atoms with van der Waals surface area (Å²) in [5.74, 6) is 0.907. The maximum absolute atomic E-state index is 11.7. The van der Waals surface area contributed by atoms with Crippen molar-refractivity contribution in [3.8, 4) is 0 Å². The molecule has 2 aromatic rings. The third-order valence-electron chi connectivity index (χ3n) is 2.44. The average Bonchev–Trinajstić information content (AvgIpc) is 2.73. The number of hydrogen-bond donors (Lipinski definition) is 2. The lowest BCUT2D eigenvalue weighted by Gasteiger charge is -2.07. The van der Waals surface area contributed by atoms with Crippen molar-refractivity contribution in [3.63, 3.8) is 0 Å². The lowest BCUT2D eigenvalue weighted by atomic mass is 10.3. The van der Waals surface area contributed by atoms with Crippen LogP contribution in [0.15, 0.2) is 28.8 Å². The molecule has 106 valence electrons. The summed E-state index contributed by atoms with van der Waals surface area (Å²) in [4.78, 5) is 11.7. The number of amides is 1. The first-order valence-corrected chi connectivity index (χ1v) is 6.71. The topological polar surface area (TPSA) is 67.2 Å². The van der Waals surface area contributed by atoms with Crippen LogP contribution >= 0.6 is 23.2 Å². The molecular formula is C13H13Cl2N3O2. The molecule has 1 aromatic carbocycles. The Hall–Kier alpha value is -1.72. The van der Waals surface area contributed by atoms with Crippen LogP contribution in [0.1, 0.15) is 12.2 Å². The Morgan fingerprint density at radius 2 is 1.95 bits per heavy atom. The molecule has 0 fully saturated rings. The molecule has 0 unspecified atom stereocenters. The first-order chi connectivity index (χ1) is 9.52. The molecule has 2 N–H and O–H groups in total. The maximum atomic E-state index is 11.7. The fourth-order valence-corrected chi connectivity index (χ4v) is 2.13. The minimum atomic E-state index is -0.154. The molecule has 0 saturated heterocycles. The van der Waals surface area contributed by atoms with E-state index in [1.54, 1.807) is 31.2 Å². The predicted octanol–water partition coefficient (Wildman–Crippen LogP) is 3.73.